The third-order valence-corrected chi connectivity index (χ3v) is 25.7. The molecular formula is C101H134O13. The van der Waals surface area contributed by atoms with Crippen molar-refractivity contribution in [3.63, 3.8) is 0 Å². The van der Waals surface area contributed by atoms with Gasteiger partial charge in [0.05, 0.1) is 27.6 Å². The summed E-state index contributed by atoms with van der Waals surface area (Å²) in [5, 5.41) is 88.9. The Kier molecular flexibility index (Phi) is 27.3. The van der Waals surface area contributed by atoms with Crippen molar-refractivity contribution in [2.75, 3.05) is 0 Å². The first-order chi connectivity index (χ1) is 54.1. The average molecular weight is 1560 g/mol. The highest BCUT2D eigenvalue weighted by Crippen LogP contribution is 2.60. The number of aromatic hydroxyl groups is 5. The fourth-order valence-electron chi connectivity index (χ4n) is 19.6. The molecule has 0 spiro atoms. The molecule has 7 aromatic carbocycles. The zero-order valence-corrected chi connectivity index (χ0v) is 71.7. The molecule has 13 nitrogen and oxygen atoms in total. The number of rotatable bonds is 21. The number of hydrogen-bond acceptors (Lipinski definition) is 13. The Bertz CT molecular complexity index is 4930. The second kappa shape index (κ2) is 36.0. The first-order valence-electron chi connectivity index (χ1n) is 43.1. The van der Waals surface area contributed by atoms with E-state index in [2.05, 4.69) is 125 Å². The molecule has 12 atom stereocenters. The third-order valence-electron chi connectivity index (χ3n) is 25.7. The predicted molar refractivity (Wildman–Crippen MR) is 467 cm³/mol. The van der Waals surface area contributed by atoms with Gasteiger partial charge in [-0.3, -0.25) is 0 Å². The molecule has 13 heteroatoms. The number of hydrogen-bond donors (Lipinski definition) is 8. The maximum atomic E-state index is 10.8. The Morgan fingerprint density at radius 1 is 0.474 bits per heavy atom. The van der Waals surface area contributed by atoms with Crippen molar-refractivity contribution in [1.29, 1.82) is 0 Å². The van der Waals surface area contributed by atoms with Crippen molar-refractivity contribution in [3.8, 4) is 46.0 Å². The smallest absolute Gasteiger partial charge is 0.139 e. The Balaban J connectivity index is 0.000000141. The molecule has 6 aliphatic rings. The van der Waals surface area contributed by atoms with Crippen molar-refractivity contribution in [1.82, 2.24) is 0 Å². The van der Waals surface area contributed by atoms with Crippen LogP contribution in [0.4, 0.5) is 0 Å². The molecule has 0 radical (unpaired) electrons. The van der Waals surface area contributed by atoms with Gasteiger partial charge in [-0.1, -0.05) is 167 Å². The van der Waals surface area contributed by atoms with E-state index in [-0.39, 0.29) is 53.8 Å². The maximum absolute atomic E-state index is 10.8. The Hall–Kier alpha value is -8.36. The normalized spacial score (nSPS) is 23.6. The van der Waals surface area contributed by atoms with Crippen LogP contribution in [0.3, 0.4) is 0 Å². The molecule has 616 valence electrons. The van der Waals surface area contributed by atoms with E-state index in [9.17, 15) is 40.9 Å². The van der Waals surface area contributed by atoms with Gasteiger partial charge >= 0.3 is 0 Å². The van der Waals surface area contributed by atoms with Gasteiger partial charge in [0.1, 0.15) is 86.6 Å². The second-order valence-corrected chi connectivity index (χ2v) is 36.1. The Morgan fingerprint density at radius 2 is 0.860 bits per heavy atom. The number of furan rings is 2. The first-order valence-corrected chi connectivity index (χ1v) is 43.1. The van der Waals surface area contributed by atoms with Gasteiger partial charge in [-0.25, -0.2) is 0 Å². The highest BCUT2D eigenvalue weighted by molar-refractivity contribution is 6.14. The zero-order chi connectivity index (χ0) is 82.7. The van der Waals surface area contributed by atoms with E-state index < -0.39 is 16.8 Å². The van der Waals surface area contributed by atoms with Crippen LogP contribution in [-0.4, -0.2) is 76.0 Å². The minimum Gasteiger partial charge on any atom is -0.508 e. The van der Waals surface area contributed by atoms with Crippen LogP contribution in [0, 0.1) is 37.5 Å². The fourth-order valence-corrected chi connectivity index (χ4v) is 19.6. The molecule has 0 amide bonds. The van der Waals surface area contributed by atoms with Crippen molar-refractivity contribution >= 4 is 49.5 Å². The van der Waals surface area contributed by atoms with Crippen molar-refractivity contribution in [2.45, 2.75) is 318 Å². The van der Waals surface area contributed by atoms with E-state index in [0.29, 0.717) is 53.4 Å². The second-order valence-electron chi connectivity index (χ2n) is 36.1. The van der Waals surface area contributed by atoms with Crippen LogP contribution in [0.2, 0.25) is 0 Å². The minimum atomic E-state index is -0.871. The summed E-state index contributed by atoms with van der Waals surface area (Å²) in [4.78, 5) is 0. The molecule has 5 heterocycles. The van der Waals surface area contributed by atoms with Crippen LogP contribution in [0.5, 0.6) is 46.0 Å². The molecular weight excluding hydrogens is 1420 g/mol. The van der Waals surface area contributed by atoms with Gasteiger partial charge in [0.2, 0.25) is 0 Å². The molecule has 4 unspecified atom stereocenters. The van der Waals surface area contributed by atoms with Crippen LogP contribution >= 0.6 is 0 Å². The average Bonchev–Trinajstić information content (AvgIpc) is 1.66. The lowest BCUT2D eigenvalue weighted by Gasteiger charge is -2.42. The molecule has 3 saturated carbocycles. The predicted octanol–water partition coefficient (Wildman–Crippen LogP) is 25.5. The first kappa shape index (κ1) is 86.5. The molecule has 0 saturated heterocycles. The molecule has 2 aromatic heterocycles. The fraction of sp³-hybridized carbons (Fsp3) is 0.525. The van der Waals surface area contributed by atoms with Crippen molar-refractivity contribution < 1.29 is 63.9 Å². The molecule has 3 fully saturated rings. The third kappa shape index (κ3) is 18.1. The number of aliphatic hydroxyl groups is 3. The lowest BCUT2D eigenvalue weighted by atomic mass is 9.65. The van der Waals surface area contributed by atoms with Crippen LogP contribution in [0.1, 0.15) is 303 Å². The number of fused-ring (bicyclic) bond motifs is 15. The number of ether oxygens (including phenoxy) is 3. The van der Waals surface area contributed by atoms with Gasteiger partial charge in [-0.05, 0) is 293 Å². The number of benzene rings is 7. The zero-order valence-electron chi connectivity index (χ0n) is 71.7. The summed E-state index contributed by atoms with van der Waals surface area (Å²) in [7, 11) is 0. The van der Waals surface area contributed by atoms with Gasteiger partial charge < -0.3 is 63.9 Å². The largest absolute Gasteiger partial charge is 0.508 e. The summed E-state index contributed by atoms with van der Waals surface area (Å²) in [5.74, 6) is 5.48. The number of allylic oxidation sites excluding steroid dienone is 3. The number of phenolic OH excluding ortho intramolecular Hbond substituents is 5. The quantitative estimate of drug-likeness (QED) is 0.0249. The lowest BCUT2D eigenvalue weighted by Crippen LogP contribution is -2.50. The molecule has 3 aliphatic carbocycles. The van der Waals surface area contributed by atoms with Crippen LogP contribution < -0.4 is 14.2 Å². The monoisotopic (exact) mass is 1550 g/mol. The molecule has 114 heavy (non-hydrogen) atoms. The summed E-state index contributed by atoms with van der Waals surface area (Å²) >= 11 is 0. The number of aryl methyl sites for hydroxylation is 7. The van der Waals surface area contributed by atoms with E-state index in [1.807, 2.05) is 97.9 Å². The number of phenols is 5. The summed E-state index contributed by atoms with van der Waals surface area (Å²) in [6, 6.07) is 28.2. The maximum Gasteiger partial charge on any atom is 0.139 e. The van der Waals surface area contributed by atoms with E-state index in [1.54, 1.807) is 0 Å². The topological polar surface area (TPSA) is 216 Å². The van der Waals surface area contributed by atoms with Crippen LogP contribution in [-0.2, 0) is 32.1 Å². The van der Waals surface area contributed by atoms with Crippen LogP contribution in [0.15, 0.2) is 125 Å². The highest BCUT2D eigenvalue weighted by Gasteiger charge is 2.56. The Morgan fingerprint density at radius 3 is 1.26 bits per heavy atom. The van der Waals surface area contributed by atoms with Gasteiger partial charge in [0.25, 0.3) is 0 Å². The minimum absolute atomic E-state index is 0.00748. The van der Waals surface area contributed by atoms with Crippen molar-refractivity contribution in [3.05, 3.63) is 183 Å². The molecule has 15 rings (SSSR count). The summed E-state index contributed by atoms with van der Waals surface area (Å²) in [5.41, 5.74) is 16.7. The summed E-state index contributed by atoms with van der Waals surface area (Å²) < 4.78 is 30.8. The SMILES string of the molecule is C=C(C)[C@@H]1CC[C@](C)(O)[C@H]2Oc3cc(CCC)cc(O)c3[C@@H]12.C=C(C)[C@@H]1CC[C@](C)(O)[C@H]2Oc3cc(CCCCC)cc(O)c3[C@@H]12.C=C(C)c1ccc(C)c2oc3cc(CCCCC)cc(O)c3c12.CCCCCc1cc(O)c2c(c1)oc1c(C)ccc(C(C)C)c12.CCCc1cc(O)c2c(c1)OC1C(C)CCC(C(C)(C)O)C21. The van der Waals surface area contributed by atoms with Crippen LogP contribution in [0.25, 0.3) is 49.5 Å². The standard InChI is InChI=1S/C21H30O3.C21H26O2.C21H24O2.C19H28O3.C19H26O3/c1-5-6-7-8-14-11-16(22)19-17(12-14)24-20-18(19)15(13(2)3)9-10-21(20,4)23;2*1-5-6-7-8-15-11-17(22)20-18(12-15)23-21-14(4)9-10-16(13(2)3)19(20)21;1-5-6-12-9-14(20)17-15(10-12)22-18-11(2)7-8-13(16(17)18)19(3,4)21;1-5-6-12-9-14(20)17-15(10-12)22-18-16(17)13(11(2)3)7-8-19(18,4)21/h11-12,15,18,20,22-23H,2,5-10H2,1,3-4H3;9-13,22H,5-8H2,1-4H3;9-12,22H,2,5-8H2,1,3-4H3;9-11,13,16,18,20-21H,5-8H2,1-4H3;9-10,13,16,18,20-21H,2,5-8H2,1,3-4H3/t15-,18+,20-,21-;;;;13-,16+,18-,19-/m0...0/s1. The molecule has 9 aromatic rings. The van der Waals surface area contributed by atoms with E-state index in [1.165, 1.54) is 44.1 Å². The van der Waals surface area contributed by atoms with E-state index in [0.717, 1.165) is 229 Å². The Labute approximate surface area is 679 Å². The van der Waals surface area contributed by atoms with Gasteiger partial charge in [0.15, 0.2) is 0 Å². The van der Waals surface area contributed by atoms with Gasteiger partial charge in [-0.2, -0.15) is 0 Å². The molecule has 8 N–H and O–H groups in total. The van der Waals surface area contributed by atoms with Gasteiger partial charge in [0, 0.05) is 45.2 Å². The van der Waals surface area contributed by atoms with Gasteiger partial charge in [-0.15, -0.1) is 0 Å². The molecule has 0 bridgehead atoms. The lowest BCUT2D eigenvalue weighted by molar-refractivity contribution is -0.0826. The molecule has 3 aliphatic heterocycles. The van der Waals surface area contributed by atoms with Crippen molar-refractivity contribution in [2.24, 2.45) is 23.7 Å². The summed E-state index contributed by atoms with van der Waals surface area (Å²) in [6.07, 6.45) is 22.1. The summed E-state index contributed by atoms with van der Waals surface area (Å²) in [6.45, 7) is 47.3. The highest BCUT2D eigenvalue weighted by atomic mass is 16.5. The van der Waals surface area contributed by atoms with E-state index in [4.69, 9.17) is 23.0 Å². The number of unbranched alkanes of at least 4 members (excludes halogenated alkanes) is 6. The van der Waals surface area contributed by atoms with E-state index >= 15 is 0 Å².